The van der Waals surface area contributed by atoms with E-state index in [-0.39, 0.29) is 29.8 Å². The largest absolute Gasteiger partial charge is 0.478 e. The van der Waals surface area contributed by atoms with E-state index in [1.165, 1.54) is 0 Å². The summed E-state index contributed by atoms with van der Waals surface area (Å²) in [6.45, 7) is 6.17. The summed E-state index contributed by atoms with van der Waals surface area (Å²) < 4.78 is 6.23. The molecule has 0 radical (unpaired) electrons. The topological polar surface area (TPSA) is 89.6 Å². The second kappa shape index (κ2) is 8.30. The lowest BCUT2D eigenvalue weighted by atomic mass is 9.80. The summed E-state index contributed by atoms with van der Waals surface area (Å²) in [5, 5.41) is 8.80. The molecule has 0 saturated carbocycles. The summed E-state index contributed by atoms with van der Waals surface area (Å²) >= 11 is 0. The number of rotatable bonds is 6. The van der Waals surface area contributed by atoms with E-state index in [1.54, 1.807) is 30.3 Å². The number of carboxylic acid groups (broad SMARTS) is 1. The number of ketones is 1. The SMILES string of the molecule is CC(/C=C/C(=O)O)[C@H]1O[C@@H](CC(=O)c2ccc(N)cc2)[C@H](C)C[C@H]1C. The number of nitrogen functional groups attached to an aromatic ring is 1. The molecule has 25 heavy (non-hydrogen) atoms. The number of ether oxygens (including phenoxy) is 1. The number of aliphatic carboxylic acids is 1. The average molecular weight is 345 g/mol. The molecule has 1 fully saturated rings. The fourth-order valence-electron chi connectivity index (χ4n) is 3.55. The van der Waals surface area contributed by atoms with Crippen molar-refractivity contribution in [1.29, 1.82) is 0 Å². The Kier molecular flexibility index (Phi) is 6.37. The number of carboxylic acids is 1. The lowest BCUT2D eigenvalue weighted by molar-refractivity contribution is -0.131. The fraction of sp³-hybridized carbons (Fsp3) is 0.500. The van der Waals surface area contributed by atoms with Crippen LogP contribution in [0.2, 0.25) is 0 Å². The predicted octanol–water partition coefficient (Wildman–Crippen LogP) is 3.55. The van der Waals surface area contributed by atoms with Crippen LogP contribution in [0.25, 0.3) is 0 Å². The van der Waals surface area contributed by atoms with Crippen molar-refractivity contribution in [2.45, 2.75) is 45.8 Å². The lowest BCUT2D eigenvalue weighted by Crippen LogP contribution is -2.43. The van der Waals surface area contributed by atoms with Crippen molar-refractivity contribution in [2.75, 3.05) is 5.73 Å². The molecule has 1 saturated heterocycles. The van der Waals surface area contributed by atoms with Crippen LogP contribution in [-0.2, 0) is 9.53 Å². The molecular formula is C20H27NO4. The zero-order valence-electron chi connectivity index (χ0n) is 15.0. The second-order valence-corrected chi connectivity index (χ2v) is 7.14. The van der Waals surface area contributed by atoms with Crippen LogP contribution in [0.3, 0.4) is 0 Å². The molecule has 0 aromatic heterocycles. The molecule has 3 N–H and O–H groups in total. The minimum atomic E-state index is -0.959. The van der Waals surface area contributed by atoms with Crippen LogP contribution >= 0.6 is 0 Å². The first-order valence-electron chi connectivity index (χ1n) is 8.73. The first kappa shape index (κ1) is 19.2. The van der Waals surface area contributed by atoms with Gasteiger partial charge in [-0.3, -0.25) is 4.79 Å². The number of hydrogen-bond acceptors (Lipinski definition) is 4. The quantitative estimate of drug-likeness (QED) is 0.467. The van der Waals surface area contributed by atoms with E-state index in [1.807, 2.05) is 6.92 Å². The van der Waals surface area contributed by atoms with Gasteiger partial charge in [-0.2, -0.15) is 0 Å². The smallest absolute Gasteiger partial charge is 0.327 e. The van der Waals surface area contributed by atoms with Gasteiger partial charge in [0.25, 0.3) is 0 Å². The van der Waals surface area contributed by atoms with Crippen LogP contribution in [0, 0.1) is 17.8 Å². The number of benzene rings is 1. The number of anilines is 1. The minimum absolute atomic E-state index is 0.0206. The monoisotopic (exact) mass is 345 g/mol. The maximum atomic E-state index is 12.5. The number of hydrogen-bond donors (Lipinski definition) is 2. The van der Waals surface area contributed by atoms with E-state index in [4.69, 9.17) is 15.6 Å². The lowest BCUT2D eigenvalue weighted by Gasteiger charge is -2.41. The second-order valence-electron chi connectivity index (χ2n) is 7.14. The van der Waals surface area contributed by atoms with E-state index < -0.39 is 5.97 Å². The Labute approximate surface area is 148 Å². The van der Waals surface area contributed by atoms with Gasteiger partial charge in [-0.1, -0.05) is 26.8 Å². The van der Waals surface area contributed by atoms with Gasteiger partial charge in [-0.25, -0.2) is 4.79 Å². The van der Waals surface area contributed by atoms with Gasteiger partial charge in [0, 0.05) is 29.7 Å². The molecule has 5 heteroatoms. The van der Waals surface area contributed by atoms with Gasteiger partial charge < -0.3 is 15.6 Å². The molecule has 1 aliphatic rings. The fourth-order valence-corrected chi connectivity index (χ4v) is 3.55. The molecule has 0 spiro atoms. The Morgan fingerprint density at radius 2 is 1.92 bits per heavy atom. The van der Waals surface area contributed by atoms with Gasteiger partial charge in [0.05, 0.1) is 12.2 Å². The molecule has 0 bridgehead atoms. The number of carbonyl (C=O) groups excluding carboxylic acids is 1. The molecule has 2 rings (SSSR count). The molecule has 5 nitrogen and oxygen atoms in total. The highest BCUT2D eigenvalue weighted by Crippen LogP contribution is 2.35. The van der Waals surface area contributed by atoms with Crippen LogP contribution in [-0.4, -0.2) is 29.1 Å². The Hall–Kier alpha value is -2.14. The Balaban J connectivity index is 2.05. The molecule has 136 valence electrons. The first-order valence-corrected chi connectivity index (χ1v) is 8.73. The first-order chi connectivity index (χ1) is 11.8. The molecule has 0 amide bonds. The maximum absolute atomic E-state index is 12.5. The van der Waals surface area contributed by atoms with Gasteiger partial charge >= 0.3 is 5.97 Å². The third-order valence-electron chi connectivity index (χ3n) is 4.95. The summed E-state index contributed by atoms with van der Waals surface area (Å²) in [4.78, 5) is 23.3. The van der Waals surface area contributed by atoms with E-state index in [0.29, 0.717) is 23.6 Å². The van der Waals surface area contributed by atoms with Crippen molar-refractivity contribution in [2.24, 2.45) is 17.8 Å². The van der Waals surface area contributed by atoms with Gasteiger partial charge in [0.2, 0.25) is 0 Å². The average Bonchev–Trinajstić information content (AvgIpc) is 2.55. The predicted molar refractivity (Wildman–Crippen MR) is 97.3 cm³/mol. The van der Waals surface area contributed by atoms with Crippen molar-refractivity contribution in [3.63, 3.8) is 0 Å². The summed E-state index contributed by atoms with van der Waals surface area (Å²) in [5.41, 5.74) is 6.93. The van der Waals surface area contributed by atoms with Crippen LogP contribution in [0.1, 0.15) is 44.0 Å². The van der Waals surface area contributed by atoms with Gasteiger partial charge in [-0.05, 0) is 42.5 Å². The third-order valence-corrected chi connectivity index (χ3v) is 4.95. The Morgan fingerprint density at radius 1 is 1.28 bits per heavy atom. The van der Waals surface area contributed by atoms with Crippen molar-refractivity contribution in [3.05, 3.63) is 42.0 Å². The van der Waals surface area contributed by atoms with Crippen LogP contribution in [0.5, 0.6) is 0 Å². The summed E-state index contributed by atoms with van der Waals surface area (Å²) in [5.74, 6) is -0.351. The Morgan fingerprint density at radius 3 is 2.52 bits per heavy atom. The van der Waals surface area contributed by atoms with Crippen molar-refractivity contribution < 1.29 is 19.4 Å². The van der Waals surface area contributed by atoms with E-state index in [0.717, 1.165) is 12.5 Å². The highest BCUT2D eigenvalue weighted by molar-refractivity contribution is 5.96. The summed E-state index contributed by atoms with van der Waals surface area (Å²) in [7, 11) is 0. The van der Waals surface area contributed by atoms with Crippen LogP contribution in [0.4, 0.5) is 5.69 Å². The Bertz CT molecular complexity index is 638. The van der Waals surface area contributed by atoms with Crippen LogP contribution < -0.4 is 5.73 Å². The van der Waals surface area contributed by atoms with Crippen LogP contribution in [0.15, 0.2) is 36.4 Å². The third kappa shape index (κ3) is 5.16. The zero-order valence-corrected chi connectivity index (χ0v) is 15.0. The molecule has 0 aliphatic carbocycles. The molecule has 1 aromatic rings. The summed E-state index contributed by atoms with van der Waals surface area (Å²) in [6, 6.07) is 6.93. The number of carbonyl (C=O) groups is 2. The highest BCUT2D eigenvalue weighted by Gasteiger charge is 2.36. The molecule has 1 heterocycles. The standard InChI is InChI=1S/C20H27NO4/c1-12(4-9-19(23)24)20-14(3)10-13(2)18(25-20)11-17(22)15-5-7-16(21)8-6-15/h4-9,12-14,18,20H,10-11,21H2,1-3H3,(H,23,24)/b9-4+/t12?,13-,14-,18+,20-/m1/s1. The molecule has 1 aliphatic heterocycles. The van der Waals surface area contributed by atoms with E-state index in [9.17, 15) is 9.59 Å². The van der Waals surface area contributed by atoms with Gasteiger partial charge in [-0.15, -0.1) is 0 Å². The van der Waals surface area contributed by atoms with Gasteiger partial charge in [0.15, 0.2) is 5.78 Å². The molecule has 5 atom stereocenters. The molecular weight excluding hydrogens is 318 g/mol. The number of Topliss-reactive ketones (excluding diaryl/α,β-unsaturated/α-hetero) is 1. The highest BCUT2D eigenvalue weighted by atomic mass is 16.5. The van der Waals surface area contributed by atoms with Crippen molar-refractivity contribution >= 4 is 17.4 Å². The van der Waals surface area contributed by atoms with E-state index >= 15 is 0 Å². The summed E-state index contributed by atoms with van der Waals surface area (Å²) in [6.07, 6.45) is 3.85. The normalized spacial score (nSPS) is 28.0. The minimum Gasteiger partial charge on any atom is -0.478 e. The number of nitrogens with two attached hydrogens (primary N) is 1. The van der Waals surface area contributed by atoms with Gasteiger partial charge in [0.1, 0.15) is 0 Å². The van der Waals surface area contributed by atoms with E-state index in [2.05, 4.69) is 13.8 Å². The zero-order chi connectivity index (χ0) is 18.6. The van der Waals surface area contributed by atoms with Crippen molar-refractivity contribution in [1.82, 2.24) is 0 Å². The molecule has 1 aromatic carbocycles. The molecule has 1 unspecified atom stereocenters. The maximum Gasteiger partial charge on any atom is 0.327 e. The van der Waals surface area contributed by atoms with Crippen molar-refractivity contribution in [3.8, 4) is 0 Å².